The van der Waals surface area contributed by atoms with Crippen molar-refractivity contribution in [3.05, 3.63) is 65.8 Å². The van der Waals surface area contributed by atoms with Crippen LogP contribution < -0.4 is 27.0 Å². The van der Waals surface area contributed by atoms with Crippen LogP contribution in [0.15, 0.2) is 43.8 Å². The summed E-state index contributed by atoms with van der Waals surface area (Å²) < 4.78 is 10.1. The SMILES string of the molecule is COc1cccc(-n2c(O)c(/C=N/Nc3nc4c(c(=O)n(C)c(=O)n4C)n3C)c(=O)[nH]c2=S)c1. The zero-order valence-electron chi connectivity index (χ0n) is 18.6. The fourth-order valence-electron chi connectivity index (χ4n) is 3.42. The van der Waals surface area contributed by atoms with Gasteiger partial charge in [-0.15, -0.1) is 0 Å². The van der Waals surface area contributed by atoms with Crippen molar-refractivity contribution in [2.24, 2.45) is 26.2 Å². The number of hydrogen-bond donors (Lipinski definition) is 3. The van der Waals surface area contributed by atoms with E-state index >= 15 is 0 Å². The highest BCUT2D eigenvalue weighted by Crippen LogP contribution is 2.22. The van der Waals surface area contributed by atoms with E-state index < -0.39 is 22.7 Å². The van der Waals surface area contributed by atoms with E-state index in [1.165, 1.54) is 34.9 Å². The monoisotopic (exact) mass is 484 g/mol. The van der Waals surface area contributed by atoms with Crippen LogP contribution in [0.1, 0.15) is 5.56 Å². The average molecular weight is 484 g/mol. The van der Waals surface area contributed by atoms with Gasteiger partial charge in [-0.05, 0) is 24.4 Å². The molecule has 4 aromatic rings. The fourth-order valence-corrected chi connectivity index (χ4v) is 3.70. The Morgan fingerprint density at radius 1 is 1.18 bits per heavy atom. The molecule has 1 aromatic carbocycles. The number of aromatic amines is 1. The van der Waals surface area contributed by atoms with Crippen LogP contribution in [0.3, 0.4) is 0 Å². The van der Waals surface area contributed by atoms with Crippen LogP contribution in [0.25, 0.3) is 16.9 Å². The maximum atomic E-state index is 12.5. The number of nitrogens with zero attached hydrogens (tertiary/aromatic N) is 6. The lowest BCUT2D eigenvalue weighted by atomic mass is 10.2. The van der Waals surface area contributed by atoms with Crippen LogP contribution in [0, 0.1) is 4.77 Å². The quantitative estimate of drug-likeness (QED) is 0.208. The second kappa shape index (κ2) is 8.47. The van der Waals surface area contributed by atoms with Gasteiger partial charge in [0.25, 0.3) is 11.1 Å². The number of fused-ring (bicyclic) bond motifs is 1. The lowest BCUT2D eigenvalue weighted by molar-refractivity contribution is 0.413. The van der Waals surface area contributed by atoms with Gasteiger partial charge in [-0.2, -0.15) is 10.1 Å². The van der Waals surface area contributed by atoms with Gasteiger partial charge in [0, 0.05) is 27.2 Å². The number of nitrogens with one attached hydrogen (secondary N) is 2. The van der Waals surface area contributed by atoms with Gasteiger partial charge in [-0.3, -0.25) is 28.3 Å². The summed E-state index contributed by atoms with van der Waals surface area (Å²) in [7, 11) is 5.95. The van der Waals surface area contributed by atoms with Crippen molar-refractivity contribution in [1.82, 2.24) is 28.2 Å². The molecular formula is C20H20N8O5S. The third kappa shape index (κ3) is 3.59. The first-order valence-electron chi connectivity index (χ1n) is 9.80. The van der Waals surface area contributed by atoms with Gasteiger partial charge in [-0.25, -0.2) is 10.2 Å². The lowest BCUT2D eigenvalue weighted by Crippen LogP contribution is -2.37. The molecule has 13 nitrogen and oxygen atoms in total. The van der Waals surface area contributed by atoms with Crippen LogP contribution in [0.2, 0.25) is 0 Å². The summed E-state index contributed by atoms with van der Waals surface area (Å²) in [6.45, 7) is 0. The van der Waals surface area contributed by atoms with E-state index in [-0.39, 0.29) is 27.4 Å². The topological polar surface area (TPSA) is 153 Å². The molecule has 0 spiro atoms. The Morgan fingerprint density at radius 2 is 1.91 bits per heavy atom. The van der Waals surface area contributed by atoms with E-state index in [1.54, 1.807) is 31.3 Å². The molecule has 14 heteroatoms. The highest BCUT2D eigenvalue weighted by atomic mass is 32.1. The molecule has 3 heterocycles. The van der Waals surface area contributed by atoms with E-state index in [9.17, 15) is 19.5 Å². The van der Waals surface area contributed by atoms with Crippen molar-refractivity contribution in [3.63, 3.8) is 0 Å². The van der Waals surface area contributed by atoms with Crippen molar-refractivity contribution in [3.8, 4) is 17.3 Å². The van der Waals surface area contributed by atoms with Gasteiger partial charge in [0.2, 0.25) is 11.8 Å². The lowest BCUT2D eigenvalue weighted by Gasteiger charge is -2.12. The molecule has 0 bridgehead atoms. The number of imidazole rings is 1. The zero-order chi connectivity index (χ0) is 24.7. The van der Waals surface area contributed by atoms with Crippen molar-refractivity contribution in [2.45, 2.75) is 0 Å². The summed E-state index contributed by atoms with van der Waals surface area (Å²) in [5.41, 5.74) is 1.58. The fraction of sp³-hybridized carbons (Fsp3) is 0.200. The molecule has 0 fully saturated rings. The smallest absolute Gasteiger partial charge is 0.332 e. The van der Waals surface area contributed by atoms with Crippen molar-refractivity contribution in [2.75, 3.05) is 12.5 Å². The summed E-state index contributed by atoms with van der Waals surface area (Å²) in [5, 5.41) is 14.8. The molecule has 3 N–H and O–H groups in total. The number of aryl methyl sites for hydroxylation is 2. The van der Waals surface area contributed by atoms with Crippen molar-refractivity contribution in [1.29, 1.82) is 0 Å². The molecule has 0 unspecified atom stereocenters. The molecule has 3 aromatic heterocycles. The summed E-state index contributed by atoms with van der Waals surface area (Å²) in [6, 6.07) is 6.75. The molecule has 0 atom stereocenters. The largest absolute Gasteiger partial charge is 0.497 e. The molecule has 176 valence electrons. The second-order valence-corrected chi connectivity index (χ2v) is 7.66. The molecule has 0 amide bonds. The molecule has 34 heavy (non-hydrogen) atoms. The Kier molecular flexibility index (Phi) is 5.66. The first-order valence-corrected chi connectivity index (χ1v) is 10.2. The minimum Gasteiger partial charge on any atom is -0.497 e. The minimum atomic E-state index is -0.659. The maximum absolute atomic E-state index is 12.5. The molecule has 0 aliphatic rings. The molecular weight excluding hydrogens is 464 g/mol. The highest BCUT2D eigenvalue weighted by molar-refractivity contribution is 7.71. The standard InChI is InChI=1S/C20H20N8O5S/c1-25-13-14(26(2)20(32)27(3)17(13)31)22-18(25)24-21-9-12-15(29)23-19(34)28(16(12)30)10-6-5-7-11(8-10)33-4/h5-9,30H,1-4H3,(H,22,24)(H,23,29,34)/b21-9+. The van der Waals surface area contributed by atoms with Crippen molar-refractivity contribution < 1.29 is 9.84 Å². The van der Waals surface area contributed by atoms with Crippen LogP contribution in [-0.4, -0.2) is 46.7 Å². The predicted molar refractivity (Wildman–Crippen MR) is 128 cm³/mol. The second-order valence-electron chi connectivity index (χ2n) is 7.28. The van der Waals surface area contributed by atoms with E-state index in [0.717, 1.165) is 10.8 Å². The molecule has 0 saturated carbocycles. The molecule has 0 aliphatic heterocycles. The van der Waals surface area contributed by atoms with E-state index in [4.69, 9.17) is 17.0 Å². The highest BCUT2D eigenvalue weighted by Gasteiger charge is 2.17. The zero-order valence-corrected chi connectivity index (χ0v) is 19.4. The van der Waals surface area contributed by atoms with E-state index in [1.807, 2.05) is 0 Å². The summed E-state index contributed by atoms with van der Waals surface area (Å²) in [6.07, 6.45) is 1.09. The van der Waals surface area contributed by atoms with Gasteiger partial charge in [0.15, 0.2) is 15.9 Å². The Bertz CT molecular complexity index is 1710. The number of aromatic nitrogens is 6. The third-order valence-corrected chi connectivity index (χ3v) is 5.55. The van der Waals surface area contributed by atoms with Gasteiger partial charge < -0.3 is 14.4 Å². The van der Waals surface area contributed by atoms with Gasteiger partial charge >= 0.3 is 5.69 Å². The van der Waals surface area contributed by atoms with Crippen LogP contribution in [0.5, 0.6) is 11.6 Å². The normalized spacial score (nSPS) is 11.4. The summed E-state index contributed by atoms with van der Waals surface area (Å²) >= 11 is 5.21. The maximum Gasteiger partial charge on any atom is 0.332 e. The number of anilines is 1. The van der Waals surface area contributed by atoms with Crippen LogP contribution in [0.4, 0.5) is 5.95 Å². The molecule has 0 aliphatic carbocycles. The van der Waals surface area contributed by atoms with Gasteiger partial charge in [0.1, 0.15) is 11.3 Å². The third-order valence-electron chi connectivity index (χ3n) is 5.27. The first-order chi connectivity index (χ1) is 16.1. The Labute approximate surface area is 195 Å². The number of benzene rings is 1. The van der Waals surface area contributed by atoms with E-state index in [0.29, 0.717) is 11.4 Å². The Hall–Kier alpha value is -4.46. The minimum absolute atomic E-state index is 0.0204. The summed E-state index contributed by atoms with van der Waals surface area (Å²) in [5.74, 6) is 0.235. The number of hydrogen-bond acceptors (Lipinski definition) is 9. The number of methoxy groups -OCH3 is 1. The number of aromatic hydroxyl groups is 1. The van der Waals surface area contributed by atoms with Gasteiger partial charge in [0.05, 0.1) is 19.0 Å². The van der Waals surface area contributed by atoms with Crippen molar-refractivity contribution >= 4 is 35.5 Å². The van der Waals surface area contributed by atoms with Crippen LogP contribution >= 0.6 is 12.2 Å². The first kappa shape index (κ1) is 22.7. The Morgan fingerprint density at radius 3 is 2.62 bits per heavy atom. The predicted octanol–water partition coefficient (Wildman–Crippen LogP) is 0.339. The van der Waals surface area contributed by atoms with Gasteiger partial charge in [-0.1, -0.05) is 6.07 Å². The number of H-pyrrole nitrogens is 1. The molecule has 4 rings (SSSR count). The molecule has 0 saturated heterocycles. The average Bonchev–Trinajstić information content (AvgIpc) is 3.14. The summed E-state index contributed by atoms with van der Waals surface area (Å²) in [4.78, 5) is 43.8. The molecule has 0 radical (unpaired) electrons. The number of ether oxygens (including phenoxy) is 1. The number of hydrazone groups is 1. The Balaban J connectivity index is 1.76. The van der Waals surface area contributed by atoms with E-state index in [2.05, 4.69) is 20.5 Å². The van der Waals surface area contributed by atoms with Crippen LogP contribution in [-0.2, 0) is 21.1 Å². The number of rotatable bonds is 5.